The van der Waals surface area contributed by atoms with Gasteiger partial charge in [0.1, 0.15) is 17.7 Å². The van der Waals surface area contributed by atoms with Gasteiger partial charge in [0.15, 0.2) is 5.78 Å². The molecule has 0 fully saturated rings. The van der Waals surface area contributed by atoms with E-state index in [0.29, 0.717) is 28.3 Å². The van der Waals surface area contributed by atoms with Crippen LogP contribution in [0.25, 0.3) is 0 Å². The number of carbonyl (C=O) groups excluding carboxylic acids is 2. The topological polar surface area (TPSA) is 71.5 Å². The summed E-state index contributed by atoms with van der Waals surface area (Å²) in [5, 5.41) is 2.97. The van der Waals surface area contributed by atoms with Crippen LogP contribution >= 0.6 is 0 Å². The molecule has 0 aliphatic carbocycles. The number of pyridine rings is 1. The molecular weight excluding hydrogens is 402 g/mol. The first-order chi connectivity index (χ1) is 15.6. The predicted octanol–water partition coefficient (Wildman–Crippen LogP) is 4.05. The average molecular weight is 423 g/mol. The number of aryl methyl sites for hydroxylation is 1. The van der Waals surface area contributed by atoms with Crippen LogP contribution < -0.4 is 15.0 Å². The molecule has 3 aromatic rings. The van der Waals surface area contributed by atoms with Crippen LogP contribution in [0.5, 0.6) is 5.75 Å². The second-order valence-electron chi connectivity index (χ2n) is 7.67. The normalized spacial score (nSPS) is 16.8. The van der Waals surface area contributed by atoms with E-state index in [9.17, 15) is 9.59 Å². The molecule has 2 aromatic carbocycles. The molecule has 6 heteroatoms. The standard InChI is InChI=1S/C26H21N3O3/c1-17-8-7-13-27-25(17)29-16-21-23(32-22-12-6-5-11-20(22)24(21)30)14-19(29)15-28-26(31)18-9-3-2-4-10-18/h2-14,16,23H,15H2,1H3,(H,28,31)/t23-/m0/s1. The SMILES string of the molecule is Cc1cccnc1N1C=C2C(=O)c3ccccc3O[C@H]2C=C1CNC(=O)c1ccccc1. The van der Waals surface area contributed by atoms with Crippen molar-refractivity contribution in [3.05, 3.63) is 113 Å². The Morgan fingerprint density at radius 3 is 2.66 bits per heavy atom. The van der Waals surface area contributed by atoms with E-state index in [4.69, 9.17) is 4.74 Å². The molecule has 3 heterocycles. The Hall–Kier alpha value is -4.19. The van der Waals surface area contributed by atoms with Crippen LogP contribution in [0, 0.1) is 6.92 Å². The summed E-state index contributed by atoms with van der Waals surface area (Å²) in [6.45, 7) is 2.21. The average Bonchev–Trinajstić information content (AvgIpc) is 2.83. The number of Topliss-reactive ketones (excluding diaryl/α,β-unsaturated/α-hetero) is 1. The van der Waals surface area contributed by atoms with E-state index in [0.717, 1.165) is 11.3 Å². The number of anilines is 1. The molecule has 1 aromatic heterocycles. The van der Waals surface area contributed by atoms with Gasteiger partial charge in [0.05, 0.1) is 17.7 Å². The van der Waals surface area contributed by atoms with Crippen LogP contribution in [0.4, 0.5) is 5.82 Å². The first-order valence-corrected chi connectivity index (χ1v) is 10.4. The molecule has 1 N–H and O–H groups in total. The molecule has 1 amide bonds. The van der Waals surface area contributed by atoms with E-state index in [1.807, 2.05) is 60.4 Å². The summed E-state index contributed by atoms with van der Waals surface area (Å²) >= 11 is 0. The molecule has 5 rings (SSSR count). The fourth-order valence-corrected chi connectivity index (χ4v) is 3.91. The third-order valence-corrected chi connectivity index (χ3v) is 5.55. The lowest BCUT2D eigenvalue weighted by atomic mass is 9.93. The minimum absolute atomic E-state index is 0.0703. The van der Waals surface area contributed by atoms with E-state index in [1.165, 1.54) is 0 Å². The summed E-state index contributed by atoms with van der Waals surface area (Å²) < 4.78 is 6.12. The molecule has 2 aliphatic heterocycles. The van der Waals surface area contributed by atoms with Gasteiger partial charge in [0.2, 0.25) is 0 Å². The second-order valence-corrected chi connectivity index (χ2v) is 7.67. The highest BCUT2D eigenvalue weighted by Crippen LogP contribution is 2.36. The molecule has 0 spiro atoms. The molecular formula is C26H21N3O3. The minimum atomic E-state index is -0.527. The Labute approximate surface area is 185 Å². The number of hydrogen-bond donors (Lipinski definition) is 1. The zero-order valence-electron chi connectivity index (χ0n) is 17.5. The Kier molecular flexibility index (Phi) is 5.03. The number of nitrogens with zero attached hydrogens (tertiary/aromatic N) is 2. The third kappa shape index (κ3) is 3.56. The highest BCUT2D eigenvalue weighted by atomic mass is 16.5. The number of carbonyl (C=O) groups is 2. The third-order valence-electron chi connectivity index (χ3n) is 5.55. The van der Waals surface area contributed by atoms with E-state index in [1.54, 1.807) is 36.7 Å². The summed E-state index contributed by atoms with van der Waals surface area (Å²) in [6, 6.07) is 20.1. The van der Waals surface area contributed by atoms with Gasteiger partial charge < -0.3 is 15.0 Å². The van der Waals surface area contributed by atoms with Gasteiger partial charge >= 0.3 is 0 Å². The molecule has 32 heavy (non-hydrogen) atoms. The van der Waals surface area contributed by atoms with Gasteiger partial charge in [0.25, 0.3) is 5.91 Å². The van der Waals surface area contributed by atoms with Crippen LogP contribution in [-0.2, 0) is 0 Å². The maximum atomic E-state index is 13.2. The molecule has 2 aliphatic rings. The molecule has 1 atom stereocenters. The summed E-state index contributed by atoms with van der Waals surface area (Å²) in [7, 11) is 0. The van der Waals surface area contributed by atoms with Crippen molar-refractivity contribution in [3.8, 4) is 5.75 Å². The smallest absolute Gasteiger partial charge is 0.251 e. The lowest BCUT2D eigenvalue weighted by Gasteiger charge is -2.34. The van der Waals surface area contributed by atoms with Gasteiger partial charge in [-0.15, -0.1) is 0 Å². The Morgan fingerprint density at radius 1 is 1.06 bits per heavy atom. The van der Waals surface area contributed by atoms with Crippen molar-refractivity contribution in [1.29, 1.82) is 0 Å². The lowest BCUT2D eigenvalue weighted by molar-refractivity contribution is 0.0950. The summed E-state index contributed by atoms with van der Waals surface area (Å²) in [6.07, 6.45) is 4.84. The van der Waals surface area contributed by atoms with Crippen molar-refractivity contribution >= 4 is 17.5 Å². The quantitative estimate of drug-likeness (QED) is 0.686. The first kappa shape index (κ1) is 19.8. The molecule has 0 saturated heterocycles. The number of nitrogens with one attached hydrogen (secondary N) is 1. The number of para-hydroxylation sites is 1. The summed E-state index contributed by atoms with van der Waals surface area (Å²) in [4.78, 5) is 32.2. The van der Waals surface area contributed by atoms with E-state index in [-0.39, 0.29) is 18.2 Å². The first-order valence-electron chi connectivity index (χ1n) is 10.4. The number of ketones is 1. The molecule has 0 bridgehead atoms. The highest BCUT2D eigenvalue weighted by Gasteiger charge is 2.35. The van der Waals surface area contributed by atoms with Crippen molar-refractivity contribution in [2.24, 2.45) is 0 Å². The minimum Gasteiger partial charge on any atom is -0.481 e. The number of rotatable bonds is 4. The van der Waals surface area contributed by atoms with Gasteiger partial charge in [-0.1, -0.05) is 36.4 Å². The van der Waals surface area contributed by atoms with Crippen molar-refractivity contribution in [2.75, 3.05) is 11.4 Å². The van der Waals surface area contributed by atoms with Crippen molar-refractivity contribution in [2.45, 2.75) is 13.0 Å². The summed E-state index contributed by atoms with van der Waals surface area (Å²) in [5.74, 6) is 1.01. The number of ether oxygens (including phenoxy) is 1. The Bertz CT molecular complexity index is 1260. The van der Waals surface area contributed by atoms with Crippen LogP contribution in [0.1, 0.15) is 26.3 Å². The molecule has 0 unspecified atom stereocenters. The number of aromatic nitrogens is 1. The molecule has 158 valence electrons. The van der Waals surface area contributed by atoms with E-state index in [2.05, 4.69) is 10.3 Å². The zero-order chi connectivity index (χ0) is 22.1. The van der Waals surface area contributed by atoms with Crippen LogP contribution in [0.3, 0.4) is 0 Å². The monoisotopic (exact) mass is 423 g/mol. The maximum absolute atomic E-state index is 13.2. The second kappa shape index (κ2) is 8.15. The summed E-state index contributed by atoms with van der Waals surface area (Å²) in [5.41, 5.74) is 3.39. The van der Waals surface area contributed by atoms with Crippen molar-refractivity contribution < 1.29 is 14.3 Å². The maximum Gasteiger partial charge on any atom is 0.251 e. The van der Waals surface area contributed by atoms with E-state index < -0.39 is 6.10 Å². The van der Waals surface area contributed by atoms with Crippen LogP contribution in [-0.4, -0.2) is 29.3 Å². The lowest BCUT2D eigenvalue weighted by Crippen LogP contribution is -2.39. The number of benzene rings is 2. The van der Waals surface area contributed by atoms with Gasteiger partial charge in [-0.3, -0.25) is 9.59 Å². The van der Waals surface area contributed by atoms with Gasteiger partial charge in [0, 0.05) is 23.7 Å². The van der Waals surface area contributed by atoms with E-state index >= 15 is 0 Å². The fourth-order valence-electron chi connectivity index (χ4n) is 3.91. The largest absolute Gasteiger partial charge is 0.481 e. The zero-order valence-corrected chi connectivity index (χ0v) is 17.5. The number of fused-ring (bicyclic) bond motifs is 2. The predicted molar refractivity (Wildman–Crippen MR) is 122 cm³/mol. The van der Waals surface area contributed by atoms with Crippen LogP contribution in [0.15, 0.2) is 96.5 Å². The van der Waals surface area contributed by atoms with Crippen LogP contribution in [0.2, 0.25) is 0 Å². The molecule has 6 nitrogen and oxygen atoms in total. The number of hydrogen-bond acceptors (Lipinski definition) is 5. The fraction of sp³-hybridized carbons (Fsp3) is 0.115. The van der Waals surface area contributed by atoms with Crippen molar-refractivity contribution in [3.63, 3.8) is 0 Å². The Morgan fingerprint density at radius 2 is 1.84 bits per heavy atom. The molecule has 0 radical (unpaired) electrons. The van der Waals surface area contributed by atoms with Gasteiger partial charge in [-0.25, -0.2) is 4.98 Å². The number of amides is 1. The highest BCUT2D eigenvalue weighted by molar-refractivity contribution is 6.13. The van der Waals surface area contributed by atoms with Gasteiger partial charge in [-0.2, -0.15) is 0 Å². The van der Waals surface area contributed by atoms with Gasteiger partial charge in [-0.05, 0) is 48.9 Å². The molecule has 0 saturated carbocycles. The van der Waals surface area contributed by atoms with Crippen molar-refractivity contribution in [1.82, 2.24) is 10.3 Å². The Balaban J connectivity index is 1.50.